The molecule has 118 valence electrons. The second-order valence-corrected chi connectivity index (χ2v) is 5.10. The van der Waals surface area contributed by atoms with Crippen molar-refractivity contribution in [3.63, 3.8) is 0 Å². The summed E-state index contributed by atoms with van der Waals surface area (Å²) >= 11 is 0. The zero-order valence-electron chi connectivity index (χ0n) is 13.0. The van der Waals surface area contributed by atoms with Crippen LogP contribution in [-0.4, -0.2) is 33.8 Å². The lowest BCUT2D eigenvalue weighted by molar-refractivity contribution is 0.0451. The van der Waals surface area contributed by atoms with Crippen LogP contribution in [0, 0.1) is 13.8 Å². The Morgan fingerprint density at radius 2 is 2.00 bits per heavy atom. The largest absolute Gasteiger partial charge is 0.490 e. The number of hydrogen-bond donors (Lipinski definition) is 0. The Morgan fingerprint density at radius 3 is 2.83 bits per heavy atom. The molecule has 0 aliphatic heterocycles. The van der Waals surface area contributed by atoms with E-state index < -0.39 is 5.97 Å². The number of ether oxygens (including phenoxy) is 2. The first-order chi connectivity index (χ1) is 11.2. The molecule has 6 nitrogen and oxygen atoms in total. The van der Waals surface area contributed by atoms with E-state index in [-0.39, 0.29) is 6.61 Å². The van der Waals surface area contributed by atoms with E-state index in [9.17, 15) is 4.79 Å². The first kappa shape index (κ1) is 15.0. The highest BCUT2D eigenvalue weighted by atomic mass is 16.6. The van der Waals surface area contributed by atoms with Gasteiger partial charge in [-0.3, -0.25) is 0 Å². The number of benzene rings is 1. The highest BCUT2D eigenvalue weighted by Crippen LogP contribution is 2.16. The van der Waals surface area contributed by atoms with Crippen molar-refractivity contribution in [2.75, 3.05) is 13.2 Å². The topological polar surface area (TPSA) is 65.7 Å². The molecule has 0 atom stereocenters. The average molecular weight is 311 g/mol. The standard InChI is InChI=1S/C17H17N3O3/c1-12-6-3-4-7-14(12)22-10-11-23-17(21)15-13(2)19-20-9-5-8-18-16(15)20/h3-9H,10-11H2,1-2H3. The lowest BCUT2D eigenvalue weighted by atomic mass is 10.2. The molecule has 0 fully saturated rings. The number of hydrogen-bond acceptors (Lipinski definition) is 5. The summed E-state index contributed by atoms with van der Waals surface area (Å²) in [6.07, 6.45) is 3.36. The van der Waals surface area contributed by atoms with Crippen molar-refractivity contribution in [1.29, 1.82) is 0 Å². The average Bonchev–Trinajstić information content (AvgIpc) is 2.88. The molecule has 3 rings (SSSR count). The Kier molecular flexibility index (Phi) is 4.23. The Morgan fingerprint density at radius 1 is 1.17 bits per heavy atom. The molecular weight excluding hydrogens is 294 g/mol. The number of aromatic nitrogens is 3. The van der Waals surface area contributed by atoms with Gasteiger partial charge in [0, 0.05) is 12.4 Å². The SMILES string of the molecule is Cc1ccccc1OCCOC(=O)c1c(C)nn2cccnc12. The first-order valence-electron chi connectivity index (χ1n) is 7.32. The maximum absolute atomic E-state index is 12.2. The zero-order valence-corrected chi connectivity index (χ0v) is 13.0. The molecular formula is C17H17N3O3. The van der Waals surface area contributed by atoms with Crippen molar-refractivity contribution in [2.24, 2.45) is 0 Å². The van der Waals surface area contributed by atoms with E-state index in [4.69, 9.17) is 9.47 Å². The van der Waals surface area contributed by atoms with E-state index in [1.165, 1.54) is 0 Å². The minimum Gasteiger partial charge on any atom is -0.490 e. The van der Waals surface area contributed by atoms with Crippen molar-refractivity contribution in [3.05, 3.63) is 59.5 Å². The van der Waals surface area contributed by atoms with Crippen molar-refractivity contribution < 1.29 is 14.3 Å². The Hall–Kier alpha value is -2.89. The van der Waals surface area contributed by atoms with Crippen LogP contribution in [0.4, 0.5) is 0 Å². The smallest absolute Gasteiger partial charge is 0.344 e. The van der Waals surface area contributed by atoms with Crippen LogP contribution in [0.15, 0.2) is 42.7 Å². The number of para-hydroxylation sites is 1. The Balaban J connectivity index is 1.61. The van der Waals surface area contributed by atoms with Crippen molar-refractivity contribution in [3.8, 4) is 5.75 Å². The number of esters is 1. The van der Waals surface area contributed by atoms with E-state index >= 15 is 0 Å². The molecule has 23 heavy (non-hydrogen) atoms. The number of rotatable bonds is 5. The fourth-order valence-corrected chi connectivity index (χ4v) is 2.31. The third-order valence-corrected chi connectivity index (χ3v) is 3.44. The molecule has 0 N–H and O–H groups in total. The van der Waals surface area contributed by atoms with Gasteiger partial charge < -0.3 is 9.47 Å². The monoisotopic (exact) mass is 311 g/mol. The fourth-order valence-electron chi connectivity index (χ4n) is 2.31. The maximum Gasteiger partial charge on any atom is 0.344 e. The quantitative estimate of drug-likeness (QED) is 0.535. The maximum atomic E-state index is 12.2. The number of carbonyl (C=O) groups is 1. The van der Waals surface area contributed by atoms with Crippen LogP contribution >= 0.6 is 0 Å². The van der Waals surface area contributed by atoms with Gasteiger partial charge in [0.1, 0.15) is 24.5 Å². The highest BCUT2D eigenvalue weighted by Gasteiger charge is 2.19. The van der Waals surface area contributed by atoms with E-state index in [2.05, 4.69) is 10.1 Å². The van der Waals surface area contributed by atoms with Crippen LogP contribution in [0.25, 0.3) is 5.65 Å². The van der Waals surface area contributed by atoms with Gasteiger partial charge in [-0.2, -0.15) is 5.10 Å². The van der Waals surface area contributed by atoms with Gasteiger partial charge in [-0.25, -0.2) is 14.3 Å². The third-order valence-electron chi connectivity index (χ3n) is 3.44. The molecule has 0 aliphatic rings. The minimum atomic E-state index is -0.440. The molecule has 0 aliphatic carbocycles. The summed E-state index contributed by atoms with van der Waals surface area (Å²) < 4.78 is 12.5. The molecule has 0 unspecified atom stereocenters. The van der Waals surface area contributed by atoms with Crippen LogP contribution in [0.1, 0.15) is 21.6 Å². The van der Waals surface area contributed by atoms with Gasteiger partial charge in [0.25, 0.3) is 0 Å². The van der Waals surface area contributed by atoms with Gasteiger partial charge in [0.2, 0.25) is 0 Å². The van der Waals surface area contributed by atoms with Crippen LogP contribution < -0.4 is 4.74 Å². The lowest BCUT2D eigenvalue weighted by Crippen LogP contribution is -2.13. The summed E-state index contributed by atoms with van der Waals surface area (Å²) in [7, 11) is 0. The van der Waals surface area contributed by atoms with Crippen molar-refractivity contribution in [1.82, 2.24) is 14.6 Å². The summed E-state index contributed by atoms with van der Waals surface area (Å²) in [4.78, 5) is 16.4. The fraction of sp³-hybridized carbons (Fsp3) is 0.235. The predicted octanol–water partition coefficient (Wildman–Crippen LogP) is 2.58. The molecule has 0 bridgehead atoms. The molecule has 0 saturated heterocycles. The van der Waals surface area contributed by atoms with Gasteiger partial charge in [0.05, 0.1) is 5.69 Å². The summed E-state index contributed by atoms with van der Waals surface area (Å²) in [5.41, 5.74) is 2.52. The van der Waals surface area contributed by atoms with Crippen LogP contribution in [0.5, 0.6) is 5.75 Å². The molecule has 3 aromatic rings. The second-order valence-electron chi connectivity index (χ2n) is 5.10. The molecule has 6 heteroatoms. The number of nitrogens with zero attached hydrogens (tertiary/aromatic N) is 3. The van der Waals surface area contributed by atoms with Crippen LogP contribution in [-0.2, 0) is 4.74 Å². The van der Waals surface area contributed by atoms with E-state index in [0.717, 1.165) is 11.3 Å². The van der Waals surface area contributed by atoms with E-state index in [0.29, 0.717) is 23.5 Å². The zero-order chi connectivity index (χ0) is 16.2. The van der Waals surface area contributed by atoms with Crippen LogP contribution in [0.3, 0.4) is 0 Å². The summed E-state index contributed by atoms with van der Waals surface area (Å²) in [5.74, 6) is 0.349. The van der Waals surface area contributed by atoms with E-state index in [1.54, 1.807) is 29.9 Å². The van der Waals surface area contributed by atoms with Gasteiger partial charge in [-0.05, 0) is 31.5 Å². The van der Waals surface area contributed by atoms with Crippen molar-refractivity contribution >= 4 is 11.6 Å². The summed E-state index contributed by atoms with van der Waals surface area (Å²) in [6.45, 7) is 4.18. The summed E-state index contributed by atoms with van der Waals surface area (Å²) in [6, 6.07) is 9.46. The van der Waals surface area contributed by atoms with Gasteiger partial charge in [-0.1, -0.05) is 18.2 Å². The molecule has 2 aromatic heterocycles. The third kappa shape index (κ3) is 3.15. The molecule has 0 spiro atoms. The number of fused-ring (bicyclic) bond motifs is 1. The first-order valence-corrected chi connectivity index (χ1v) is 7.32. The molecule has 0 radical (unpaired) electrons. The van der Waals surface area contributed by atoms with E-state index in [1.807, 2.05) is 31.2 Å². The highest BCUT2D eigenvalue weighted by molar-refractivity contribution is 5.97. The van der Waals surface area contributed by atoms with Gasteiger partial charge >= 0.3 is 5.97 Å². The van der Waals surface area contributed by atoms with Crippen molar-refractivity contribution in [2.45, 2.75) is 13.8 Å². The van der Waals surface area contributed by atoms with Gasteiger partial charge in [0.15, 0.2) is 5.65 Å². The number of carbonyl (C=O) groups excluding carboxylic acids is 1. The summed E-state index contributed by atoms with van der Waals surface area (Å²) in [5, 5.41) is 4.24. The molecule has 0 saturated carbocycles. The second kappa shape index (κ2) is 6.48. The Labute approximate surface area is 133 Å². The molecule has 0 amide bonds. The van der Waals surface area contributed by atoms with Gasteiger partial charge in [-0.15, -0.1) is 0 Å². The molecule has 2 heterocycles. The van der Waals surface area contributed by atoms with Crippen LogP contribution in [0.2, 0.25) is 0 Å². The molecule has 1 aromatic carbocycles. The number of aryl methyl sites for hydroxylation is 2. The lowest BCUT2D eigenvalue weighted by Gasteiger charge is -2.09. The Bertz CT molecular complexity index is 842. The minimum absolute atomic E-state index is 0.163. The predicted molar refractivity (Wildman–Crippen MR) is 84.7 cm³/mol. The normalized spacial score (nSPS) is 10.7.